The van der Waals surface area contributed by atoms with Crippen LogP contribution in [-0.2, 0) is 68.6 Å². The molecule has 0 aromatic heterocycles. The summed E-state index contributed by atoms with van der Waals surface area (Å²) >= 11 is 6.96. The van der Waals surface area contributed by atoms with Crippen molar-refractivity contribution in [3.63, 3.8) is 0 Å². The Morgan fingerprint density at radius 3 is 1.63 bits per heavy atom. The second kappa shape index (κ2) is 21.6. The van der Waals surface area contributed by atoms with Crippen LogP contribution in [0.25, 0.3) is 0 Å². The molecule has 0 bridgehead atoms. The number of phenolic OH excluding ortho intramolecular Hbond substituents is 1. The number of ether oxygens (including phenoxy) is 5. The summed E-state index contributed by atoms with van der Waals surface area (Å²) in [4.78, 5) is 0. The van der Waals surface area contributed by atoms with Gasteiger partial charge in [0.15, 0.2) is 0 Å². The fourth-order valence-electron chi connectivity index (χ4n) is 8.05. The summed E-state index contributed by atoms with van der Waals surface area (Å²) < 4.78 is 35.1. The Kier molecular flexibility index (Phi) is 15.6. The molecule has 7 rings (SSSR count). The van der Waals surface area contributed by atoms with Crippen molar-refractivity contribution in [2.24, 2.45) is 0 Å². The largest absolute Gasteiger partial charge is 0.508 e. The highest BCUT2D eigenvalue weighted by Crippen LogP contribution is 2.50. The van der Waals surface area contributed by atoms with E-state index in [1.807, 2.05) is 127 Å². The number of hydrogen-bond acceptors (Lipinski definition) is 7. The van der Waals surface area contributed by atoms with Gasteiger partial charge >= 0.3 is 0 Å². The van der Waals surface area contributed by atoms with Crippen molar-refractivity contribution in [2.75, 3.05) is 13.2 Å². The molecule has 7 nitrogen and oxygen atoms in total. The smallest absolute Gasteiger partial charge is 0.126 e. The van der Waals surface area contributed by atoms with Crippen LogP contribution in [0.2, 0.25) is 5.02 Å². The van der Waals surface area contributed by atoms with E-state index in [1.54, 1.807) is 6.07 Å². The van der Waals surface area contributed by atoms with Crippen molar-refractivity contribution < 1.29 is 33.9 Å². The van der Waals surface area contributed by atoms with Gasteiger partial charge in [0.2, 0.25) is 0 Å². The van der Waals surface area contributed by atoms with Crippen molar-refractivity contribution in [3.8, 4) is 5.75 Å². The van der Waals surface area contributed by atoms with Crippen molar-refractivity contribution >= 4 is 11.6 Å². The number of hydrogen-bond donors (Lipinski definition) is 2. The van der Waals surface area contributed by atoms with Crippen LogP contribution in [0.3, 0.4) is 0 Å². The highest BCUT2D eigenvalue weighted by atomic mass is 35.5. The van der Waals surface area contributed by atoms with E-state index < -0.39 is 30.0 Å². The quantitative estimate of drug-likeness (QED) is 0.0793. The predicted molar refractivity (Wildman–Crippen MR) is 236 cm³/mol. The lowest BCUT2D eigenvalue weighted by atomic mass is 9.75. The molecule has 5 unspecified atom stereocenters. The number of phenols is 1. The lowest BCUT2D eigenvalue weighted by Gasteiger charge is -2.53. The van der Waals surface area contributed by atoms with Gasteiger partial charge in [0, 0.05) is 17.2 Å². The standard InChI is InChI=1S/C52H55ClO7/c1-2-38-24-26-39(27-25-38)30-44-31-45(47(55)32-46(44)53)52(28-15-29-54)51(59-36-43-22-13-6-14-23-43)50(58-35-42-20-11-5-12-21-42)49(57-34-41-18-9-4-10-19-41)48(60-52)37-56-33-40-16-7-3-8-17-40/h3-14,16-27,31-32,48-51,54-55H,2,15,28-30,33-37H2,1H3. The van der Waals surface area contributed by atoms with E-state index in [9.17, 15) is 10.2 Å². The molecular weight excluding hydrogens is 772 g/mol. The Balaban J connectivity index is 1.36. The van der Waals surface area contributed by atoms with E-state index in [0.29, 0.717) is 30.0 Å². The molecule has 8 heteroatoms. The zero-order valence-electron chi connectivity index (χ0n) is 34.2. The molecule has 1 heterocycles. The molecule has 2 N–H and O–H groups in total. The van der Waals surface area contributed by atoms with E-state index in [1.165, 1.54) is 5.56 Å². The van der Waals surface area contributed by atoms with Gasteiger partial charge in [-0.3, -0.25) is 0 Å². The fourth-order valence-corrected chi connectivity index (χ4v) is 8.27. The topological polar surface area (TPSA) is 86.6 Å². The van der Waals surface area contributed by atoms with Gasteiger partial charge in [0.25, 0.3) is 0 Å². The normalized spacial score (nSPS) is 20.2. The van der Waals surface area contributed by atoms with Crippen LogP contribution >= 0.6 is 11.6 Å². The molecule has 0 amide bonds. The van der Waals surface area contributed by atoms with Gasteiger partial charge in [-0.05, 0) is 76.8 Å². The highest BCUT2D eigenvalue weighted by Gasteiger charge is 2.58. The second-order valence-corrected chi connectivity index (χ2v) is 15.8. The Hall–Kier alpha value is -4.83. The number of benzene rings is 6. The third-order valence-electron chi connectivity index (χ3n) is 11.2. The van der Waals surface area contributed by atoms with Gasteiger partial charge in [-0.1, -0.05) is 164 Å². The molecule has 0 spiro atoms. The first-order chi connectivity index (χ1) is 29.5. The lowest BCUT2D eigenvalue weighted by Crippen LogP contribution is -2.65. The zero-order valence-corrected chi connectivity index (χ0v) is 35.0. The zero-order chi connectivity index (χ0) is 41.6. The summed E-state index contributed by atoms with van der Waals surface area (Å²) in [5.41, 5.74) is 6.26. The van der Waals surface area contributed by atoms with Crippen molar-refractivity contribution in [2.45, 2.75) is 89.1 Å². The third-order valence-corrected chi connectivity index (χ3v) is 11.6. The van der Waals surface area contributed by atoms with Gasteiger partial charge in [-0.25, -0.2) is 0 Å². The average Bonchev–Trinajstić information content (AvgIpc) is 3.29. The van der Waals surface area contributed by atoms with Crippen molar-refractivity contribution in [3.05, 3.63) is 207 Å². The van der Waals surface area contributed by atoms with E-state index in [0.717, 1.165) is 39.8 Å². The number of aryl methyl sites for hydroxylation is 1. The molecule has 0 radical (unpaired) electrons. The van der Waals surface area contributed by atoms with Crippen LogP contribution in [0.5, 0.6) is 5.75 Å². The van der Waals surface area contributed by atoms with Crippen LogP contribution in [0.15, 0.2) is 158 Å². The summed E-state index contributed by atoms with van der Waals surface area (Å²) in [5.74, 6) is -0.0363. The molecule has 0 saturated carbocycles. The monoisotopic (exact) mass is 826 g/mol. The maximum absolute atomic E-state index is 12.1. The fraction of sp³-hybridized carbons (Fsp3) is 0.308. The molecule has 1 fully saturated rings. The first kappa shape index (κ1) is 43.3. The second-order valence-electron chi connectivity index (χ2n) is 15.4. The average molecular weight is 827 g/mol. The first-order valence-corrected chi connectivity index (χ1v) is 21.3. The summed E-state index contributed by atoms with van der Waals surface area (Å²) in [5, 5.41) is 23.1. The Morgan fingerprint density at radius 1 is 0.600 bits per heavy atom. The maximum atomic E-state index is 12.1. The summed E-state index contributed by atoms with van der Waals surface area (Å²) in [6.07, 6.45) is -0.860. The minimum Gasteiger partial charge on any atom is -0.508 e. The van der Waals surface area contributed by atoms with Gasteiger partial charge in [-0.15, -0.1) is 0 Å². The number of aliphatic hydroxyl groups is 1. The number of aromatic hydroxyl groups is 1. The van der Waals surface area contributed by atoms with Crippen LogP contribution in [-0.4, -0.2) is 47.8 Å². The molecule has 0 aliphatic carbocycles. The molecular formula is C52H55ClO7. The van der Waals surface area contributed by atoms with Crippen LogP contribution in [0, 0.1) is 0 Å². The molecule has 312 valence electrons. The van der Waals surface area contributed by atoms with Gasteiger partial charge in [-0.2, -0.15) is 0 Å². The van der Waals surface area contributed by atoms with E-state index in [-0.39, 0.29) is 45.2 Å². The van der Waals surface area contributed by atoms with Crippen LogP contribution in [0.4, 0.5) is 0 Å². The predicted octanol–water partition coefficient (Wildman–Crippen LogP) is 10.5. The minimum absolute atomic E-state index is 0.0363. The Morgan fingerprint density at radius 2 is 1.10 bits per heavy atom. The molecule has 1 aliphatic heterocycles. The van der Waals surface area contributed by atoms with E-state index in [2.05, 4.69) is 31.2 Å². The van der Waals surface area contributed by atoms with E-state index >= 15 is 0 Å². The summed E-state index contributed by atoms with van der Waals surface area (Å²) in [6, 6.07) is 52.1. The van der Waals surface area contributed by atoms with Gasteiger partial charge in [0.05, 0.1) is 33.0 Å². The maximum Gasteiger partial charge on any atom is 0.126 e. The minimum atomic E-state index is -1.36. The molecule has 6 aromatic rings. The highest BCUT2D eigenvalue weighted by molar-refractivity contribution is 6.31. The number of aliphatic hydroxyl groups excluding tert-OH is 1. The summed E-state index contributed by atoms with van der Waals surface area (Å²) in [6.45, 7) is 3.31. The molecule has 1 saturated heterocycles. The molecule has 6 aromatic carbocycles. The lowest BCUT2D eigenvalue weighted by molar-refractivity contribution is -0.316. The van der Waals surface area contributed by atoms with Gasteiger partial charge in [0.1, 0.15) is 35.8 Å². The molecule has 60 heavy (non-hydrogen) atoms. The van der Waals surface area contributed by atoms with Crippen molar-refractivity contribution in [1.82, 2.24) is 0 Å². The SMILES string of the molecule is CCc1ccc(Cc2cc(C3(CCCO)OC(COCc4ccccc4)C(OCc4ccccc4)C(OCc4ccccc4)C3OCc3ccccc3)c(O)cc2Cl)cc1. The first-order valence-electron chi connectivity index (χ1n) is 20.9. The van der Waals surface area contributed by atoms with Gasteiger partial charge < -0.3 is 33.9 Å². The Labute approximate surface area is 359 Å². The summed E-state index contributed by atoms with van der Waals surface area (Å²) in [7, 11) is 0. The molecule has 5 atom stereocenters. The van der Waals surface area contributed by atoms with Crippen molar-refractivity contribution in [1.29, 1.82) is 0 Å². The Bertz CT molecular complexity index is 2170. The number of halogens is 1. The van der Waals surface area contributed by atoms with Crippen LogP contribution < -0.4 is 0 Å². The molecule has 1 aliphatic rings. The number of rotatable bonds is 20. The van der Waals surface area contributed by atoms with Crippen LogP contribution in [0.1, 0.15) is 64.3 Å². The van der Waals surface area contributed by atoms with E-state index in [4.69, 9.17) is 35.3 Å². The third kappa shape index (κ3) is 11.1.